The topological polar surface area (TPSA) is 73.2 Å². The fourth-order valence-electron chi connectivity index (χ4n) is 1.95. The number of hydrogen-bond acceptors (Lipinski definition) is 4. The van der Waals surface area contributed by atoms with E-state index in [4.69, 9.17) is 4.74 Å². The van der Waals surface area contributed by atoms with Gasteiger partial charge < -0.3 is 4.74 Å². The highest BCUT2D eigenvalue weighted by molar-refractivity contribution is 7.89. The fraction of sp³-hybridized carbons (Fsp3) is 0.357. The third kappa shape index (κ3) is 3.43. The van der Waals surface area contributed by atoms with Crippen LogP contribution in [0.4, 0.5) is 0 Å². The van der Waals surface area contributed by atoms with Crippen molar-refractivity contribution in [3.63, 3.8) is 0 Å². The SMILES string of the molecule is COc1cc(C)c(C)cc1S(=O)(=O)NCc1cnn(C)c1. The van der Waals surface area contributed by atoms with Crippen LogP contribution in [0, 0.1) is 13.8 Å². The molecular weight excluding hydrogens is 290 g/mol. The Morgan fingerprint density at radius 1 is 1.29 bits per heavy atom. The van der Waals surface area contributed by atoms with Crippen LogP contribution < -0.4 is 9.46 Å². The van der Waals surface area contributed by atoms with Gasteiger partial charge in [-0.2, -0.15) is 5.10 Å². The predicted molar refractivity (Wildman–Crippen MR) is 79.7 cm³/mol. The van der Waals surface area contributed by atoms with Crippen molar-refractivity contribution in [3.8, 4) is 5.75 Å². The molecule has 1 N–H and O–H groups in total. The highest BCUT2D eigenvalue weighted by atomic mass is 32.2. The molecule has 0 amide bonds. The van der Waals surface area contributed by atoms with E-state index in [1.165, 1.54) is 7.11 Å². The summed E-state index contributed by atoms with van der Waals surface area (Å²) in [5, 5.41) is 4.01. The molecule has 21 heavy (non-hydrogen) atoms. The Kier molecular flexibility index (Phi) is 4.34. The molecular formula is C14H19N3O3S. The maximum absolute atomic E-state index is 12.4. The van der Waals surface area contributed by atoms with Crippen molar-refractivity contribution < 1.29 is 13.2 Å². The molecule has 0 bridgehead atoms. The number of rotatable bonds is 5. The van der Waals surface area contributed by atoms with Crippen LogP contribution in [-0.4, -0.2) is 25.3 Å². The number of methoxy groups -OCH3 is 1. The van der Waals surface area contributed by atoms with Gasteiger partial charge in [0, 0.05) is 25.4 Å². The van der Waals surface area contributed by atoms with Gasteiger partial charge >= 0.3 is 0 Å². The second-order valence-corrected chi connectivity index (χ2v) is 6.67. The molecule has 2 aromatic rings. The van der Waals surface area contributed by atoms with Crippen LogP contribution in [0.15, 0.2) is 29.4 Å². The standard InChI is InChI=1S/C14H19N3O3S/c1-10-5-13(20-4)14(6-11(10)2)21(18,19)16-8-12-7-15-17(3)9-12/h5-7,9,16H,8H2,1-4H3. The molecule has 1 aromatic carbocycles. The first-order valence-corrected chi connectivity index (χ1v) is 7.94. The molecule has 0 radical (unpaired) electrons. The molecule has 0 fully saturated rings. The van der Waals surface area contributed by atoms with Crippen LogP contribution in [0.3, 0.4) is 0 Å². The van der Waals surface area contributed by atoms with Gasteiger partial charge in [-0.05, 0) is 37.1 Å². The maximum Gasteiger partial charge on any atom is 0.244 e. The smallest absolute Gasteiger partial charge is 0.244 e. The van der Waals surface area contributed by atoms with E-state index >= 15 is 0 Å². The number of aryl methyl sites for hydroxylation is 3. The lowest BCUT2D eigenvalue weighted by molar-refractivity contribution is 0.402. The van der Waals surface area contributed by atoms with Crippen LogP contribution in [0.1, 0.15) is 16.7 Å². The Morgan fingerprint density at radius 3 is 2.52 bits per heavy atom. The Bertz CT molecular complexity index is 751. The number of benzene rings is 1. The highest BCUT2D eigenvalue weighted by Crippen LogP contribution is 2.27. The van der Waals surface area contributed by atoms with E-state index in [0.29, 0.717) is 5.75 Å². The Morgan fingerprint density at radius 2 is 1.95 bits per heavy atom. The average molecular weight is 309 g/mol. The normalized spacial score (nSPS) is 11.6. The first kappa shape index (κ1) is 15.5. The summed E-state index contributed by atoms with van der Waals surface area (Å²) in [5.41, 5.74) is 2.68. The van der Waals surface area contributed by atoms with Crippen LogP contribution in [0.2, 0.25) is 0 Å². The first-order valence-electron chi connectivity index (χ1n) is 6.46. The van der Waals surface area contributed by atoms with Crippen molar-refractivity contribution in [2.75, 3.05) is 7.11 Å². The summed E-state index contributed by atoms with van der Waals surface area (Å²) in [5.74, 6) is 0.344. The molecule has 1 aromatic heterocycles. The quantitative estimate of drug-likeness (QED) is 0.909. The summed E-state index contributed by atoms with van der Waals surface area (Å²) in [6, 6.07) is 3.35. The van der Waals surface area contributed by atoms with Gasteiger partial charge in [0.25, 0.3) is 0 Å². The van der Waals surface area contributed by atoms with Crippen LogP contribution >= 0.6 is 0 Å². The molecule has 114 valence electrons. The molecule has 7 heteroatoms. The number of nitrogens with zero attached hydrogens (tertiary/aromatic N) is 2. The van der Waals surface area contributed by atoms with E-state index in [2.05, 4.69) is 9.82 Å². The lowest BCUT2D eigenvalue weighted by Crippen LogP contribution is -2.23. The van der Waals surface area contributed by atoms with Crippen LogP contribution in [0.25, 0.3) is 0 Å². The molecule has 0 unspecified atom stereocenters. The third-order valence-electron chi connectivity index (χ3n) is 3.29. The van der Waals surface area contributed by atoms with Crippen LogP contribution in [-0.2, 0) is 23.6 Å². The van der Waals surface area contributed by atoms with Crippen molar-refractivity contribution >= 4 is 10.0 Å². The van der Waals surface area contributed by atoms with Gasteiger partial charge in [-0.1, -0.05) is 0 Å². The largest absolute Gasteiger partial charge is 0.495 e. The summed E-state index contributed by atoms with van der Waals surface area (Å²) >= 11 is 0. The molecule has 0 saturated heterocycles. The van der Waals surface area contributed by atoms with Gasteiger partial charge in [-0.3, -0.25) is 4.68 Å². The van der Waals surface area contributed by atoms with E-state index in [1.54, 1.807) is 36.3 Å². The van der Waals surface area contributed by atoms with E-state index < -0.39 is 10.0 Å². The summed E-state index contributed by atoms with van der Waals surface area (Å²) in [6.07, 6.45) is 3.39. The van der Waals surface area contributed by atoms with E-state index in [1.807, 2.05) is 13.8 Å². The van der Waals surface area contributed by atoms with E-state index in [9.17, 15) is 8.42 Å². The zero-order valence-corrected chi connectivity index (χ0v) is 13.4. The summed E-state index contributed by atoms with van der Waals surface area (Å²) in [6.45, 7) is 3.97. The van der Waals surface area contributed by atoms with Crippen LogP contribution in [0.5, 0.6) is 5.75 Å². The molecule has 1 heterocycles. The minimum Gasteiger partial charge on any atom is -0.495 e. The lowest BCUT2D eigenvalue weighted by Gasteiger charge is -2.12. The fourth-order valence-corrected chi connectivity index (χ4v) is 3.20. The van der Waals surface area contributed by atoms with Crippen molar-refractivity contribution in [2.45, 2.75) is 25.3 Å². The number of nitrogens with one attached hydrogen (secondary N) is 1. The summed E-state index contributed by atoms with van der Waals surface area (Å²) in [7, 11) is -0.399. The maximum atomic E-state index is 12.4. The second kappa shape index (κ2) is 5.87. The van der Waals surface area contributed by atoms with Gasteiger partial charge in [0.05, 0.1) is 13.3 Å². The second-order valence-electron chi connectivity index (χ2n) is 4.93. The zero-order valence-electron chi connectivity index (χ0n) is 12.5. The molecule has 6 nitrogen and oxygen atoms in total. The molecule has 0 spiro atoms. The molecule has 0 aliphatic heterocycles. The number of hydrogen-bond donors (Lipinski definition) is 1. The van der Waals surface area contributed by atoms with Gasteiger partial charge in [-0.25, -0.2) is 13.1 Å². The minimum atomic E-state index is -3.64. The molecule has 0 aliphatic rings. The Labute approximate surface area is 124 Å². The molecule has 0 saturated carbocycles. The molecule has 0 aliphatic carbocycles. The monoisotopic (exact) mass is 309 g/mol. The first-order chi connectivity index (χ1) is 9.83. The number of sulfonamides is 1. The Hall–Kier alpha value is -1.86. The van der Waals surface area contributed by atoms with Gasteiger partial charge in [0.15, 0.2) is 0 Å². The number of aromatic nitrogens is 2. The van der Waals surface area contributed by atoms with E-state index in [0.717, 1.165) is 16.7 Å². The molecule has 2 rings (SSSR count). The predicted octanol–water partition coefficient (Wildman–Crippen LogP) is 1.52. The zero-order chi connectivity index (χ0) is 15.6. The van der Waals surface area contributed by atoms with Gasteiger partial charge in [0.2, 0.25) is 10.0 Å². The summed E-state index contributed by atoms with van der Waals surface area (Å²) in [4.78, 5) is 0.150. The lowest BCUT2D eigenvalue weighted by atomic mass is 10.1. The summed E-state index contributed by atoms with van der Waals surface area (Å²) < 4.78 is 34.3. The Balaban J connectivity index is 2.28. The average Bonchev–Trinajstić information content (AvgIpc) is 2.85. The highest BCUT2D eigenvalue weighted by Gasteiger charge is 2.20. The van der Waals surface area contributed by atoms with Crippen molar-refractivity contribution in [1.82, 2.24) is 14.5 Å². The third-order valence-corrected chi connectivity index (χ3v) is 4.72. The van der Waals surface area contributed by atoms with Crippen molar-refractivity contribution in [2.24, 2.45) is 7.05 Å². The number of ether oxygens (including phenoxy) is 1. The van der Waals surface area contributed by atoms with E-state index in [-0.39, 0.29) is 11.4 Å². The minimum absolute atomic E-state index is 0.150. The van der Waals surface area contributed by atoms with Crippen molar-refractivity contribution in [1.29, 1.82) is 0 Å². The van der Waals surface area contributed by atoms with Crippen molar-refractivity contribution in [3.05, 3.63) is 41.2 Å². The van der Waals surface area contributed by atoms with Gasteiger partial charge in [0.1, 0.15) is 10.6 Å². The van der Waals surface area contributed by atoms with Gasteiger partial charge in [-0.15, -0.1) is 0 Å². The molecule has 0 atom stereocenters.